The van der Waals surface area contributed by atoms with Gasteiger partial charge in [0.05, 0.1) is 0 Å². The number of methoxy groups -OCH3 is 1. The summed E-state index contributed by atoms with van der Waals surface area (Å²) in [6.45, 7) is 1.01. The highest BCUT2D eigenvalue weighted by Gasteiger charge is 2.38. The molecule has 1 aromatic heterocycles. The van der Waals surface area contributed by atoms with Crippen LogP contribution in [0.15, 0.2) is 28.8 Å². The molecule has 9 heteroatoms. The van der Waals surface area contributed by atoms with E-state index in [1.165, 1.54) is 0 Å². The summed E-state index contributed by atoms with van der Waals surface area (Å²) in [6.07, 6.45) is -1.56. The second-order valence-corrected chi connectivity index (χ2v) is 6.47. The third-order valence-corrected chi connectivity index (χ3v) is 4.28. The number of halogens is 3. The van der Waals surface area contributed by atoms with E-state index in [1.807, 2.05) is 4.90 Å². The lowest BCUT2D eigenvalue weighted by atomic mass is 10.1. The van der Waals surface area contributed by atoms with Crippen molar-refractivity contribution in [3.05, 3.63) is 35.7 Å². The predicted molar refractivity (Wildman–Crippen MR) is 89.4 cm³/mol. The van der Waals surface area contributed by atoms with Crippen LogP contribution in [-0.2, 0) is 22.3 Å². The summed E-state index contributed by atoms with van der Waals surface area (Å²) < 4.78 is 46.9. The Kier molecular flexibility index (Phi) is 5.79. The molecule has 0 saturated heterocycles. The van der Waals surface area contributed by atoms with E-state index in [2.05, 4.69) is 14.7 Å². The summed E-state index contributed by atoms with van der Waals surface area (Å²) in [5, 5.41) is 3.37. The predicted octanol–water partition coefficient (Wildman–Crippen LogP) is 3.67. The second kappa shape index (κ2) is 8.08. The molecule has 2 aromatic rings. The van der Waals surface area contributed by atoms with Crippen molar-refractivity contribution in [3.8, 4) is 11.4 Å². The molecule has 0 N–H and O–H groups in total. The van der Waals surface area contributed by atoms with Crippen molar-refractivity contribution < 1.29 is 27.2 Å². The molecule has 0 spiro atoms. The Morgan fingerprint density at radius 3 is 2.56 bits per heavy atom. The molecular weight excluding hydrogens is 363 g/mol. The van der Waals surface area contributed by atoms with Crippen LogP contribution in [0.25, 0.3) is 11.4 Å². The van der Waals surface area contributed by atoms with Crippen LogP contribution in [0.1, 0.15) is 37.1 Å². The van der Waals surface area contributed by atoms with Gasteiger partial charge in [0.15, 0.2) is 0 Å². The first kappa shape index (κ1) is 19.3. The SMILES string of the molecule is COCCCC(=O)N(Cc1ccc(-c2noc(C(F)(F)F)n2)cc1)C1CC1. The number of ether oxygens (including phenoxy) is 1. The van der Waals surface area contributed by atoms with E-state index in [0.29, 0.717) is 31.6 Å². The fourth-order valence-electron chi connectivity index (χ4n) is 2.73. The smallest absolute Gasteiger partial charge is 0.385 e. The lowest BCUT2D eigenvalue weighted by molar-refractivity contribution is -0.159. The Hall–Kier alpha value is -2.42. The van der Waals surface area contributed by atoms with Crippen molar-refractivity contribution in [1.82, 2.24) is 15.0 Å². The summed E-state index contributed by atoms with van der Waals surface area (Å²) in [5.41, 5.74) is 1.31. The monoisotopic (exact) mass is 383 g/mol. The molecule has 1 fully saturated rings. The van der Waals surface area contributed by atoms with Gasteiger partial charge in [-0.25, -0.2) is 0 Å². The highest BCUT2D eigenvalue weighted by atomic mass is 19.4. The van der Waals surface area contributed by atoms with Crippen LogP contribution in [0, 0.1) is 0 Å². The van der Waals surface area contributed by atoms with Crippen molar-refractivity contribution in [2.24, 2.45) is 0 Å². The van der Waals surface area contributed by atoms with Gasteiger partial charge in [0.25, 0.3) is 0 Å². The molecular formula is C18H20F3N3O3. The summed E-state index contributed by atoms with van der Waals surface area (Å²) in [5.74, 6) is -1.40. The number of alkyl halides is 3. The molecule has 146 valence electrons. The Morgan fingerprint density at radius 1 is 1.30 bits per heavy atom. The maximum absolute atomic E-state index is 12.6. The molecule has 0 unspecified atom stereocenters. The summed E-state index contributed by atoms with van der Waals surface area (Å²) in [6, 6.07) is 7.04. The zero-order valence-corrected chi connectivity index (χ0v) is 14.8. The molecule has 27 heavy (non-hydrogen) atoms. The highest BCUT2D eigenvalue weighted by Crippen LogP contribution is 2.31. The number of benzene rings is 1. The van der Waals surface area contributed by atoms with E-state index in [1.54, 1.807) is 31.4 Å². The zero-order chi connectivity index (χ0) is 19.4. The molecule has 6 nitrogen and oxygen atoms in total. The van der Waals surface area contributed by atoms with Gasteiger partial charge in [-0.05, 0) is 24.8 Å². The van der Waals surface area contributed by atoms with Crippen molar-refractivity contribution in [2.75, 3.05) is 13.7 Å². The van der Waals surface area contributed by atoms with Crippen molar-refractivity contribution in [2.45, 2.75) is 44.4 Å². The molecule has 1 saturated carbocycles. The molecule has 1 aromatic carbocycles. The fourth-order valence-corrected chi connectivity index (χ4v) is 2.73. The second-order valence-electron chi connectivity index (χ2n) is 6.47. The molecule has 3 rings (SSSR count). The van der Waals surface area contributed by atoms with Crippen molar-refractivity contribution in [1.29, 1.82) is 0 Å². The number of nitrogens with zero attached hydrogens (tertiary/aromatic N) is 3. The van der Waals surface area contributed by atoms with Crippen molar-refractivity contribution in [3.63, 3.8) is 0 Å². The lowest BCUT2D eigenvalue weighted by Gasteiger charge is -2.22. The minimum Gasteiger partial charge on any atom is -0.385 e. The Bertz CT molecular complexity index is 770. The largest absolute Gasteiger partial charge is 0.471 e. The van der Waals surface area contributed by atoms with Gasteiger partial charge in [0.2, 0.25) is 11.7 Å². The van der Waals surface area contributed by atoms with Crippen LogP contribution < -0.4 is 0 Å². The number of hydrogen-bond donors (Lipinski definition) is 0. The van der Waals surface area contributed by atoms with Crippen LogP contribution in [0.4, 0.5) is 13.2 Å². The van der Waals surface area contributed by atoms with Crippen LogP contribution in [0.3, 0.4) is 0 Å². The standard InChI is InChI=1S/C18H20F3N3O3/c1-26-10-2-3-15(25)24(14-8-9-14)11-12-4-6-13(7-5-12)16-22-17(27-23-16)18(19,20)21/h4-7,14H,2-3,8-11H2,1H3. The molecule has 1 heterocycles. The Balaban J connectivity index is 1.65. The van der Waals surface area contributed by atoms with E-state index < -0.39 is 12.1 Å². The maximum atomic E-state index is 12.6. The van der Waals surface area contributed by atoms with Gasteiger partial charge < -0.3 is 14.2 Å². The average Bonchev–Trinajstić information content (AvgIpc) is 3.34. The third kappa shape index (κ3) is 5.06. The maximum Gasteiger partial charge on any atom is 0.471 e. The average molecular weight is 383 g/mol. The number of rotatable bonds is 8. The molecule has 0 aliphatic heterocycles. The molecule has 1 aliphatic rings. The fraction of sp³-hybridized carbons (Fsp3) is 0.500. The quantitative estimate of drug-likeness (QED) is 0.651. The van der Waals surface area contributed by atoms with E-state index in [0.717, 1.165) is 18.4 Å². The minimum absolute atomic E-state index is 0.0895. The van der Waals surface area contributed by atoms with Gasteiger partial charge in [-0.3, -0.25) is 4.79 Å². The number of carbonyl (C=O) groups excluding carboxylic acids is 1. The van der Waals surface area contributed by atoms with Gasteiger partial charge in [-0.15, -0.1) is 0 Å². The van der Waals surface area contributed by atoms with Gasteiger partial charge in [-0.2, -0.15) is 18.2 Å². The third-order valence-electron chi connectivity index (χ3n) is 4.28. The highest BCUT2D eigenvalue weighted by molar-refractivity contribution is 5.77. The molecule has 0 atom stereocenters. The Morgan fingerprint density at radius 2 is 2.00 bits per heavy atom. The van der Waals surface area contributed by atoms with Gasteiger partial charge >= 0.3 is 12.1 Å². The van der Waals surface area contributed by atoms with E-state index in [-0.39, 0.29) is 17.8 Å². The van der Waals surface area contributed by atoms with Gasteiger partial charge in [0, 0.05) is 38.3 Å². The van der Waals surface area contributed by atoms with Crippen LogP contribution in [-0.4, -0.2) is 40.7 Å². The number of hydrogen-bond acceptors (Lipinski definition) is 5. The number of aromatic nitrogens is 2. The normalized spacial score (nSPS) is 14.4. The van der Waals surface area contributed by atoms with E-state index in [9.17, 15) is 18.0 Å². The number of amides is 1. The molecule has 0 radical (unpaired) electrons. The van der Waals surface area contributed by atoms with Gasteiger partial charge in [-0.1, -0.05) is 29.4 Å². The van der Waals surface area contributed by atoms with Crippen molar-refractivity contribution >= 4 is 5.91 Å². The summed E-state index contributed by atoms with van der Waals surface area (Å²) >= 11 is 0. The minimum atomic E-state index is -4.67. The van der Waals surface area contributed by atoms with E-state index in [4.69, 9.17) is 4.74 Å². The molecule has 1 amide bonds. The van der Waals surface area contributed by atoms with Gasteiger partial charge in [0.1, 0.15) is 0 Å². The lowest BCUT2D eigenvalue weighted by Crippen LogP contribution is -2.32. The molecule has 1 aliphatic carbocycles. The zero-order valence-electron chi connectivity index (χ0n) is 14.8. The first-order valence-electron chi connectivity index (χ1n) is 8.67. The topological polar surface area (TPSA) is 68.5 Å². The summed E-state index contributed by atoms with van der Waals surface area (Å²) in [7, 11) is 1.60. The van der Waals surface area contributed by atoms with Crippen LogP contribution in [0.5, 0.6) is 0 Å². The van der Waals surface area contributed by atoms with E-state index >= 15 is 0 Å². The van der Waals surface area contributed by atoms with Crippen LogP contribution in [0.2, 0.25) is 0 Å². The first-order valence-corrected chi connectivity index (χ1v) is 8.67. The molecule has 0 bridgehead atoms. The van der Waals surface area contributed by atoms with Crippen LogP contribution >= 0.6 is 0 Å². The number of carbonyl (C=O) groups is 1. The first-order chi connectivity index (χ1) is 12.9. The summed E-state index contributed by atoms with van der Waals surface area (Å²) in [4.78, 5) is 17.7. The Labute approximate surface area is 154 Å².